The van der Waals surface area contributed by atoms with Crippen LogP contribution in [0.5, 0.6) is 0 Å². The molecule has 0 amide bonds. The van der Waals surface area contributed by atoms with E-state index in [-0.39, 0.29) is 24.2 Å². The molecule has 3 N–H and O–H groups in total. The molecule has 3 fully saturated rings. The zero-order valence-electron chi connectivity index (χ0n) is 23.9. The van der Waals surface area contributed by atoms with Crippen molar-refractivity contribution in [1.29, 1.82) is 0 Å². The van der Waals surface area contributed by atoms with Gasteiger partial charge in [-0.15, -0.1) is 0 Å². The van der Waals surface area contributed by atoms with Gasteiger partial charge in [0.25, 0.3) is 0 Å². The van der Waals surface area contributed by atoms with Crippen molar-refractivity contribution < 1.29 is 17.9 Å². The van der Waals surface area contributed by atoms with Crippen LogP contribution < -0.4 is 16.0 Å². The molecule has 4 heterocycles. The van der Waals surface area contributed by atoms with Crippen molar-refractivity contribution >= 4 is 11.4 Å². The Morgan fingerprint density at radius 3 is 2.39 bits per heavy atom. The van der Waals surface area contributed by atoms with Crippen molar-refractivity contribution in [3.8, 4) is 11.3 Å². The summed E-state index contributed by atoms with van der Waals surface area (Å²) in [7, 11) is 0. The highest BCUT2D eigenvalue weighted by molar-refractivity contribution is 5.69. The van der Waals surface area contributed by atoms with Gasteiger partial charge in [-0.25, -0.2) is 18.2 Å². The second-order valence-electron chi connectivity index (χ2n) is 11.8. The normalized spacial score (nSPS) is 22.6. The van der Waals surface area contributed by atoms with Crippen LogP contribution in [0.1, 0.15) is 63.1 Å². The summed E-state index contributed by atoms with van der Waals surface area (Å²) in [5, 5.41) is 3.31. The summed E-state index contributed by atoms with van der Waals surface area (Å²) in [4.78, 5) is 10.7. The van der Waals surface area contributed by atoms with E-state index in [0.717, 1.165) is 69.3 Å². The first-order valence-electron chi connectivity index (χ1n) is 14.7. The molecule has 3 atom stereocenters. The first-order valence-corrected chi connectivity index (χ1v) is 14.7. The molecule has 3 aromatic rings. The highest BCUT2D eigenvalue weighted by atomic mass is 19.1. The van der Waals surface area contributed by atoms with Crippen molar-refractivity contribution in [3.05, 3.63) is 71.4 Å². The number of nitrogens with one attached hydrogen (secondary N) is 1. The molecule has 3 unspecified atom stereocenters. The van der Waals surface area contributed by atoms with Crippen molar-refractivity contribution in [2.45, 2.75) is 64.5 Å². The Kier molecular flexibility index (Phi) is 9.45. The van der Waals surface area contributed by atoms with Gasteiger partial charge in [0, 0.05) is 38.5 Å². The molecule has 1 saturated carbocycles. The largest absolute Gasteiger partial charge is 0.381 e. The minimum atomic E-state index is -0.784. The zero-order valence-corrected chi connectivity index (χ0v) is 23.9. The number of benzene rings is 1. The lowest BCUT2D eigenvalue weighted by molar-refractivity contribution is 0.188. The smallest absolute Gasteiger partial charge is 0.149 e. The third-order valence-electron chi connectivity index (χ3n) is 8.23. The summed E-state index contributed by atoms with van der Waals surface area (Å²) in [5.41, 5.74) is 8.35. The Morgan fingerprint density at radius 1 is 1.00 bits per heavy atom. The molecule has 0 spiro atoms. The molecule has 6 rings (SSSR count). The summed E-state index contributed by atoms with van der Waals surface area (Å²) in [6, 6.07) is 7.39. The number of halogens is 3. The summed E-state index contributed by atoms with van der Waals surface area (Å²) in [5.74, 6) is -0.859. The molecule has 41 heavy (non-hydrogen) atoms. The maximum absolute atomic E-state index is 14.9. The van der Waals surface area contributed by atoms with Crippen molar-refractivity contribution in [3.63, 3.8) is 0 Å². The quantitative estimate of drug-likeness (QED) is 0.347. The second kappa shape index (κ2) is 13.2. The Morgan fingerprint density at radius 2 is 1.78 bits per heavy atom. The van der Waals surface area contributed by atoms with Gasteiger partial charge in [0.2, 0.25) is 0 Å². The minimum Gasteiger partial charge on any atom is -0.381 e. The highest BCUT2D eigenvalue weighted by Gasteiger charge is 2.26. The van der Waals surface area contributed by atoms with Crippen molar-refractivity contribution in [1.82, 2.24) is 9.97 Å². The van der Waals surface area contributed by atoms with Crippen LogP contribution in [-0.2, 0) is 11.3 Å². The SMILES string of the molecule is CC1CC(N)CN(c2ccncc2NCc2ccc(F)c(-c3c(F)cc(C4CCC4)cc3F)n2)C1.CC1CCOC1. The molecule has 0 radical (unpaired) electrons. The molecular weight excluding hydrogens is 527 g/mol. The fraction of sp³-hybridized carbons (Fsp3) is 0.500. The van der Waals surface area contributed by atoms with Gasteiger partial charge in [-0.2, -0.15) is 0 Å². The predicted molar refractivity (Wildman–Crippen MR) is 156 cm³/mol. The number of aromatic nitrogens is 2. The predicted octanol–water partition coefficient (Wildman–Crippen LogP) is 6.66. The van der Waals surface area contributed by atoms with E-state index in [1.54, 1.807) is 12.4 Å². The van der Waals surface area contributed by atoms with Gasteiger partial charge in [0.1, 0.15) is 23.1 Å². The molecule has 1 aromatic carbocycles. The van der Waals surface area contributed by atoms with E-state index in [4.69, 9.17) is 10.5 Å². The van der Waals surface area contributed by atoms with Crippen molar-refractivity contribution in [2.75, 3.05) is 36.5 Å². The Balaban J connectivity index is 0.000000500. The van der Waals surface area contributed by atoms with Gasteiger partial charge in [-0.05, 0) is 79.3 Å². The van der Waals surface area contributed by atoms with Gasteiger partial charge in [-0.3, -0.25) is 4.98 Å². The molecule has 2 saturated heterocycles. The molecule has 0 bridgehead atoms. The third kappa shape index (κ3) is 7.19. The fourth-order valence-electron chi connectivity index (χ4n) is 5.79. The Bertz CT molecular complexity index is 1300. The molecule has 9 heteroatoms. The zero-order chi connectivity index (χ0) is 28.9. The number of nitrogens with zero attached hydrogens (tertiary/aromatic N) is 3. The van der Waals surface area contributed by atoms with Crippen LogP contribution in [0.25, 0.3) is 11.3 Å². The van der Waals surface area contributed by atoms with Crippen LogP contribution in [0.2, 0.25) is 0 Å². The Labute approximate surface area is 240 Å². The molecule has 2 aromatic heterocycles. The molecule has 1 aliphatic carbocycles. The molecule has 220 valence electrons. The van der Waals surface area contributed by atoms with Crippen LogP contribution in [-0.4, -0.2) is 42.3 Å². The van der Waals surface area contributed by atoms with Gasteiger partial charge < -0.3 is 20.7 Å². The molecule has 6 nitrogen and oxygen atoms in total. The van der Waals surface area contributed by atoms with E-state index in [9.17, 15) is 13.2 Å². The monoisotopic (exact) mass is 567 g/mol. The number of ether oxygens (including phenoxy) is 1. The lowest BCUT2D eigenvalue weighted by atomic mass is 9.79. The van der Waals surface area contributed by atoms with Crippen LogP contribution in [0, 0.1) is 29.3 Å². The topological polar surface area (TPSA) is 76.3 Å². The number of nitrogens with two attached hydrogens (primary N) is 1. The van der Waals surface area contributed by atoms with Gasteiger partial charge in [0.05, 0.1) is 35.4 Å². The average Bonchev–Trinajstić information content (AvgIpc) is 3.38. The summed E-state index contributed by atoms with van der Waals surface area (Å²) < 4.78 is 49.5. The van der Waals surface area contributed by atoms with E-state index in [1.807, 2.05) is 6.07 Å². The van der Waals surface area contributed by atoms with E-state index in [2.05, 4.69) is 34.0 Å². The number of piperidine rings is 1. The van der Waals surface area contributed by atoms with Crippen LogP contribution in [0.4, 0.5) is 24.5 Å². The minimum absolute atomic E-state index is 0.0987. The number of rotatable bonds is 6. The molecule has 2 aliphatic heterocycles. The van der Waals surface area contributed by atoms with E-state index in [0.29, 0.717) is 17.2 Å². The third-order valence-corrected chi connectivity index (χ3v) is 8.23. The number of hydrogen-bond acceptors (Lipinski definition) is 6. The summed E-state index contributed by atoms with van der Waals surface area (Å²) in [6.45, 7) is 8.25. The van der Waals surface area contributed by atoms with Gasteiger partial charge >= 0.3 is 0 Å². The maximum atomic E-state index is 14.9. The summed E-state index contributed by atoms with van der Waals surface area (Å²) in [6.07, 6.45) is 8.61. The van der Waals surface area contributed by atoms with E-state index < -0.39 is 23.0 Å². The van der Waals surface area contributed by atoms with E-state index >= 15 is 0 Å². The lowest BCUT2D eigenvalue weighted by Gasteiger charge is -2.37. The Hall–Kier alpha value is -3.17. The van der Waals surface area contributed by atoms with Gasteiger partial charge in [-0.1, -0.05) is 20.3 Å². The number of pyridine rings is 2. The average molecular weight is 568 g/mol. The molecular formula is C32H40F3N5O. The van der Waals surface area contributed by atoms with Crippen LogP contribution >= 0.6 is 0 Å². The van der Waals surface area contributed by atoms with Gasteiger partial charge in [0.15, 0.2) is 0 Å². The summed E-state index contributed by atoms with van der Waals surface area (Å²) >= 11 is 0. The lowest BCUT2D eigenvalue weighted by Crippen LogP contribution is -2.46. The highest BCUT2D eigenvalue weighted by Crippen LogP contribution is 2.39. The fourth-order valence-corrected chi connectivity index (χ4v) is 5.79. The second-order valence-corrected chi connectivity index (χ2v) is 11.8. The van der Waals surface area contributed by atoms with Crippen molar-refractivity contribution in [2.24, 2.45) is 17.6 Å². The first kappa shape index (κ1) is 29.3. The van der Waals surface area contributed by atoms with E-state index in [1.165, 1.54) is 30.7 Å². The number of hydrogen-bond donors (Lipinski definition) is 2. The first-order chi connectivity index (χ1) is 19.8. The molecule has 3 aliphatic rings. The maximum Gasteiger partial charge on any atom is 0.149 e. The number of anilines is 2. The van der Waals surface area contributed by atoms with Crippen LogP contribution in [0.15, 0.2) is 42.7 Å². The standard InChI is InChI=1S/C27H30F3N5.C5H10O/c1-16-9-19(31)15-35(14-16)25-7-8-32-13-24(25)33-12-20-5-6-21(28)27(34-20)26-22(29)10-18(11-23(26)30)17-3-2-4-17;1-5-2-3-6-4-5/h5-8,10-11,13,16-17,19,33H,2-4,9,12,14-15,31H2,1H3;5H,2-4H2,1H3. The van der Waals surface area contributed by atoms with Crippen LogP contribution in [0.3, 0.4) is 0 Å².